The smallest absolute Gasteiger partial charge is 0.374 e. The van der Waals surface area contributed by atoms with Crippen molar-refractivity contribution >= 4 is 18.4 Å². The monoisotopic (exact) mass is 309 g/mol. The molecule has 0 N–H and O–H groups in total. The molecule has 0 bridgehead atoms. The molecular formula is C16H20ClNO3. The zero-order chi connectivity index (χ0) is 14.4. The quantitative estimate of drug-likeness (QED) is 0.767. The van der Waals surface area contributed by atoms with Gasteiger partial charge in [0.1, 0.15) is 6.10 Å². The zero-order valence-electron chi connectivity index (χ0n) is 12.2. The summed E-state index contributed by atoms with van der Waals surface area (Å²) in [6.45, 7) is 3.37. The molecule has 0 saturated heterocycles. The third-order valence-corrected chi connectivity index (χ3v) is 2.89. The molecule has 1 aromatic carbocycles. The predicted octanol–water partition coefficient (Wildman–Crippen LogP) is 3.38. The number of nitrogens with zero attached hydrogens (tertiary/aromatic N) is 1. The van der Waals surface area contributed by atoms with Crippen molar-refractivity contribution in [1.29, 1.82) is 0 Å². The lowest BCUT2D eigenvalue weighted by Gasteiger charge is -2.21. The molecule has 1 aromatic heterocycles. The highest BCUT2D eigenvalue weighted by molar-refractivity contribution is 5.86. The first-order valence-electron chi connectivity index (χ1n) is 6.62. The SMILES string of the molecule is CC(CN(C)Cc1ccccc1)OC(=O)c1ccco1.Cl. The van der Waals surface area contributed by atoms with Crippen LogP contribution in [-0.2, 0) is 11.3 Å². The molecule has 0 radical (unpaired) electrons. The fourth-order valence-corrected chi connectivity index (χ4v) is 2.07. The highest BCUT2D eigenvalue weighted by Crippen LogP contribution is 2.07. The van der Waals surface area contributed by atoms with Gasteiger partial charge in [-0.15, -0.1) is 12.4 Å². The van der Waals surface area contributed by atoms with Gasteiger partial charge in [0.2, 0.25) is 5.76 Å². The second-order valence-corrected chi connectivity index (χ2v) is 4.88. The van der Waals surface area contributed by atoms with Crippen LogP contribution in [0.5, 0.6) is 0 Å². The van der Waals surface area contributed by atoms with Gasteiger partial charge in [0.05, 0.1) is 6.26 Å². The van der Waals surface area contributed by atoms with E-state index < -0.39 is 5.97 Å². The first-order chi connectivity index (χ1) is 9.65. The van der Waals surface area contributed by atoms with E-state index in [0.717, 1.165) is 6.54 Å². The fourth-order valence-electron chi connectivity index (χ4n) is 2.07. The van der Waals surface area contributed by atoms with Crippen LogP contribution >= 0.6 is 12.4 Å². The molecule has 0 aliphatic heterocycles. The zero-order valence-corrected chi connectivity index (χ0v) is 13.0. The van der Waals surface area contributed by atoms with Crippen molar-refractivity contribution in [1.82, 2.24) is 4.90 Å². The summed E-state index contributed by atoms with van der Waals surface area (Å²) in [5.74, 6) is -0.182. The summed E-state index contributed by atoms with van der Waals surface area (Å²) in [5, 5.41) is 0. The standard InChI is InChI=1S/C16H19NO3.ClH/c1-13(20-16(18)15-9-6-10-19-15)11-17(2)12-14-7-4-3-5-8-14;/h3-10,13H,11-12H2,1-2H3;1H. The Morgan fingerprint density at radius 1 is 1.24 bits per heavy atom. The molecule has 0 fully saturated rings. The number of carbonyl (C=O) groups is 1. The first-order valence-corrected chi connectivity index (χ1v) is 6.62. The molecule has 1 unspecified atom stereocenters. The van der Waals surface area contributed by atoms with Crippen molar-refractivity contribution in [3.8, 4) is 0 Å². The van der Waals surface area contributed by atoms with Crippen LogP contribution in [0.15, 0.2) is 53.1 Å². The average Bonchev–Trinajstić information content (AvgIpc) is 2.93. The van der Waals surface area contributed by atoms with E-state index in [1.54, 1.807) is 12.1 Å². The second-order valence-electron chi connectivity index (χ2n) is 4.88. The van der Waals surface area contributed by atoms with E-state index in [2.05, 4.69) is 17.0 Å². The molecule has 1 heterocycles. The normalized spacial score (nSPS) is 11.8. The van der Waals surface area contributed by atoms with Gasteiger partial charge >= 0.3 is 5.97 Å². The molecule has 5 heteroatoms. The van der Waals surface area contributed by atoms with Crippen molar-refractivity contribution in [3.63, 3.8) is 0 Å². The molecule has 21 heavy (non-hydrogen) atoms. The lowest BCUT2D eigenvalue weighted by atomic mass is 10.2. The van der Waals surface area contributed by atoms with Crippen LogP contribution in [0.1, 0.15) is 23.0 Å². The van der Waals surface area contributed by atoms with Gasteiger partial charge in [0.15, 0.2) is 0 Å². The van der Waals surface area contributed by atoms with Crippen LogP contribution < -0.4 is 0 Å². The van der Waals surface area contributed by atoms with Crippen molar-refractivity contribution in [2.24, 2.45) is 0 Å². The molecule has 0 aliphatic carbocycles. The molecule has 114 valence electrons. The van der Waals surface area contributed by atoms with Crippen molar-refractivity contribution in [2.45, 2.75) is 19.6 Å². The summed E-state index contributed by atoms with van der Waals surface area (Å²) in [6, 6.07) is 13.5. The molecular weight excluding hydrogens is 290 g/mol. The highest BCUT2D eigenvalue weighted by atomic mass is 35.5. The summed E-state index contributed by atoms with van der Waals surface area (Å²) in [6.07, 6.45) is 1.27. The van der Waals surface area contributed by atoms with E-state index in [0.29, 0.717) is 6.54 Å². The molecule has 4 nitrogen and oxygen atoms in total. The summed E-state index contributed by atoms with van der Waals surface area (Å²) in [4.78, 5) is 13.8. The highest BCUT2D eigenvalue weighted by Gasteiger charge is 2.15. The Kier molecular flexibility index (Phi) is 6.99. The maximum atomic E-state index is 11.7. The molecule has 0 amide bonds. The van der Waals surface area contributed by atoms with Crippen LogP contribution in [0.2, 0.25) is 0 Å². The van der Waals surface area contributed by atoms with Crippen LogP contribution in [-0.4, -0.2) is 30.6 Å². The fraction of sp³-hybridized carbons (Fsp3) is 0.312. The van der Waals surface area contributed by atoms with E-state index in [1.165, 1.54) is 11.8 Å². The Hall–Kier alpha value is -1.78. The maximum absolute atomic E-state index is 11.7. The molecule has 0 saturated carbocycles. The number of furan rings is 1. The topological polar surface area (TPSA) is 42.7 Å². The summed E-state index contributed by atoms with van der Waals surface area (Å²) < 4.78 is 10.3. The van der Waals surface area contributed by atoms with Gasteiger partial charge < -0.3 is 9.15 Å². The summed E-state index contributed by atoms with van der Waals surface area (Å²) >= 11 is 0. The number of likely N-dealkylation sites (N-methyl/N-ethyl adjacent to an activating group) is 1. The minimum Gasteiger partial charge on any atom is -0.457 e. The number of rotatable bonds is 6. The number of ether oxygens (including phenoxy) is 1. The van der Waals surface area contributed by atoms with E-state index in [1.807, 2.05) is 32.2 Å². The van der Waals surface area contributed by atoms with Gasteiger partial charge in [0, 0.05) is 13.1 Å². The third kappa shape index (κ3) is 5.61. The molecule has 0 aliphatic rings. The minimum atomic E-state index is -0.421. The Morgan fingerprint density at radius 2 is 1.95 bits per heavy atom. The summed E-state index contributed by atoms with van der Waals surface area (Å²) in [5.41, 5.74) is 1.24. The van der Waals surface area contributed by atoms with Gasteiger partial charge in [-0.1, -0.05) is 30.3 Å². The summed E-state index contributed by atoms with van der Waals surface area (Å²) in [7, 11) is 2.00. The Balaban J connectivity index is 0.00000220. The minimum absolute atomic E-state index is 0. The maximum Gasteiger partial charge on any atom is 0.374 e. The molecule has 2 rings (SSSR count). The molecule has 1 atom stereocenters. The number of carbonyl (C=O) groups excluding carboxylic acids is 1. The number of esters is 1. The van der Waals surface area contributed by atoms with E-state index in [9.17, 15) is 4.79 Å². The van der Waals surface area contributed by atoms with Crippen LogP contribution in [0.3, 0.4) is 0 Å². The lowest BCUT2D eigenvalue weighted by molar-refractivity contribution is 0.0233. The average molecular weight is 310 g/mol. The van der Waals surface area contributed by atoms with Crippen LogP contribution in [0, 0.1) is 0 Å². The first kappa shape index (κ1) is 17.3. The molecule has 2 aromatic rings. The van der Waals surface area contributed by atoms with E-state index >= 15 is 0 Å². The van der Waals surface area contributed by atoms with Crippen LogP contribution in [0.4, 0.5) is 0 Å². The third-order valence-electron chi connectivity index (χ3n) is 2.89. The Labute approximate surface area is 131 Å². The van der Waals surface area contributed by atoms with Crippen molar-refractivity contribution < 1.29 is 13.9 Å². The lowest BCUT2D eigenvalue weighted by Crippen LogP contribution is -2.30. The predicted molar refractivity (Wildman–Crippen MR) is 83.6 cm³/mol. The van der Waals surface area contributed by atoms with E-state index in [4.69, 9.17) is 9.15 Å². The van der Waals surface area contributed by atoms with Gasteiger partial charge in [-0.2, -0.15) is 0 Å². The van der Waals surface area contributed by atoms with E-state index in [-0.39, 0.29) is 24.3 Å². The Bertz CT molecular complexity index is 528. The number of benzene rings is 1. The van der Waals surface area contributed by atoms with Gasteiger partial charge in [-0.05, 0) is 31.7 Å². The number of hydrogen-bond acceptors (Lipinski definition) is 4. The van der Waals surface area contributed by atoms with Crippen LogP contribution in [0.25, 0.3) is 0 Å². The second kappa shape index (κ2) is 8.49. The van der Waals surface area contributed by atoms with Gasteiger partial charge in [0.25, 0.3) is 0 Å². The molecule has 0 spiro atoms. The number of hydrogen-bond donors (Lipinski definition) is 0. The largest absolute Gasteiger partial charge is 0.457 e. The van der Waals surface area contributed by atoms with Crippen molar-refractivity contribution in [2.75, 3.05) is 13.6 Å². The number of halogens is 1. The van der Waals surface area contributed by atoms with Gasteiger partial charge in [-0.3, -0.25) is 4.90 Å². The Morgan fingerprint density at radius 3 is 2.57 bits per heavy atom. The van der Waals surface area contributed by atoms with Gasteiger partial charge in [-0.25, -0.2) is 4.79 Å². The van der Waals surface area contributed by atoms with Crippen molar-refractivity contribution in [3.05, 3.63) is 60.1 Å².